The first-order valence-corrected chi connectivity index (χ1v) is 10.4. The molecule has 11 heavy (non-hydrogen) atoms. The summed E-state index contributed by atoms with van der Waals surface area (Å²) in [6.07, 6.45) is 0. The first-order chi connectivity index (χ1) is 5.04. The van der Waals surface area contributed by atoms with Crippen molar-refractivity contribution in [1.82, 2.24) is 0 Å². The zero-order valence-corrected chi connectivity index (χ0v) is 10.2. The van der Waals surface area contributed by atoms with Crippen molar-refractivity contribution < 1.29 is 4.12 Å². The molecule has 66 valence electrons. The molecule has 1 nitrogen and oxygen atoms in total. The van der Waals surface area contributed by atoms with Gasteiger partial charge in [-0.15, -0.1) is 0 Å². The average Bonchev–Trinajstić information content (AvgIpc) is 2.30. The van der Waals surface area contributed by atoms with Crippen LogP contribution in [0.25, 0.3) is 0 Å². The second-order valence-electron chi connectivity index (χ2n) is 4.21. The quantitative estimate of drug-likeness (QED) is 0.605. The molecule has 2 unspecified atom stereocenters. The molecule has 0 aromatic rings. The van der Waals surface area contributed by atoms with E-state index in [1.807, 2.05) is 0 Å². The van der Waals surface area contributed by atoms with E-state index in [-0.39, 0.29) is 0 Å². The van der Waals surface area contributed by atoms with E-state index in [1.165, 1.54) is 24.2 Å². The number of hydrogen-bond donors (Lipinski definition) is 0. The molecule has 2 atom stereocenters. The molecule has 1 saturated heterocycles. The summed E-state index contributed by atoms with van der Waals surface area (Å²) in [4.78, 5) is 0. The lowest BCUT2D eigenvalue weighted by atomic mass is 10.9. The number of rotatable bonds is 2. The third kappa shape index (κ3) is 1.95. The van der Waals surface area contributed by atoms with Crippen molar-refractivity contribution in [2.45, 2.75) is 51.1 Å². The molecule has 0 bridgehead atoms. The fourth-order valence-corrected chi connectivity index (χ4v) is 13.4. The van der Waals surface area contributed by atoms with Gasteiger partial charge < -0.3 is 4.12 Å². The summed E-state index contributed by atoms with van der Waals surface area (Å²) in [6.45, 7) is 9.39. The summed E-state index contributed by atoms with van der Waals surface area (Å²) >= 11 is 0. The second kappa shape index (κ2) is 3.03. The van der Waals surface area contributed by atoms with E-state index in [0.717, 1.165) is 0 Å². The highest BCUT2D eigenvalue weighted by molar-refractivity contribution is 6.90. The van der Waals surface area contributed by atoms with Crippen molar-refractivity contribution in [3.05, 3.63) is 0 Å². The van der Waals surface area contributed by atoms with Gasteiger partial charge in [0, 0.05) is 0 Å². The Labute approximate surface area is 72.4 Å². The minimum absolute atomic E-state index is 1.15. The Morgan fingerprint density at radius 2 is 1.36 bits per heavy atom. The van der Waals surface area contributed by atoms with Crippen LogP contribution < -0.4 is 0 Å². The molecule has 1 heterocycles. The van der Waals surface area contributed by atoms with Crippen LogP contribution in [0.3, 0.4) is 0 Å². The van der Waals surface area contributed by atoms with Crippen LogP contribution in [-0.4, -0.2) is 16.6 Å². The van der Waals surface area contributed by atoms with Gasteiger partial charge in [0.25, 0.3) is 0 Å². The van der Waals surface area contributed by atoms with Crippen molar-refractivity contribution >= 4 is 16.6 Å². The highest BCUT2D eigenvalue weighted by Gasteiger charge is 2.44. The van der Waals surface area contributed by atoms with Gasteiger partial charge in [0.15, 0.2) is 16.6 Å². The van der Waals surface area contributed by atoms with E-state index < -0.39 is 16.6 Å². The van der Waals surface area contributed by atoms with Crippen LogP contribution in [0.2, 0.25) is 37.3 Å². The molecular weight excluding hydrogens is 168 g/mol. The molecule has 0 aromatic heterocycles. The van der Waals surface area contributed by atoms with Crippen LogP contribution in [0, 0.1) is 0 Å². The Bertz CT molecular complexity index is 135. The molecule has 0 radical (unpaired) electrons. The van der Waals surface area contributed by atoms with Gasteiger partial charge in [-0.1, -0.05) is 13.8 Å². The minimum atomic E-state index is -1.15. The highest BCUT2D eigenvalue weighted by Crippen LogP contribution is 2.37. The van der Waals surface area contributed by atoms with Crippen molar-refractivity contribution in [2.24, 2.45) is 0 Å². The molecular formula is C8H20OSi2. The Morgan fingerprint density at radius 3 is 1.55 bits per heavy atom. The molecule has 0 N–H and O–H groups in total. The van der Waals surface area contributed by atoms with Crippen LogP contribution in [0.1, 0.15) is 13.8 Å². The summed E-state index contributed by atoms with van der Waals surface area (Å²) in [5.74, 6) is 0. The van der Waals surface area contributed by atoms with E-state index in [1.54, 1.807) is 0 Å². The second-order valence-corrected chi connectivity index (χ2v) is 13.2. The molecule has 0 aromatic carbocycles. The maximum absolute atomic E-state index is 6.31. The van der Waals surface area contributed by atoms with E-state index in [4.69, 9.17) is 4.12 Å². The molecule has 0 aliphatic carbocycles. The van der Waals surface area contributed by atoms with Crippen LogP contribution in [-0.2, 0) is 4.12 Å². The summed E-state index contributed by atoms with van der Waals surface area (Å²) in [5.41, 5.74) is 0. The summed E-state index contributed by atoms with van der Waals surface area (Å²) in [5, 5.41) is 0. The Kier molecular flexibility index (Phi) is 2.61. The van der Waals surface area contributed by atoms with Crippen molar-refractivity contribution in [1.29, 1.82) is 0 Å². The number of hydrogen-bond acceptors (Lipinski definition) is 1. The monoisotopic (exact) mass is 188 g/mol. The lowest BCUT2D eigenvalue weighted by Crippen LogP contribution is -2.37. The predicted molar refractivity (Wildman–Crippen MR) is 54.9 cm³/mol. The van der Waals surface area contributed by atoms with Crippen molar-refractivity contribution in [2.75, 3.05) is 0 Å². The van der Waals surface area contributed by atoms with Gasteiger partial charge in [0.05, 0.1) is 0 Å². The largest absolute Gasteiger partial charge is 0.455 e. The first kappa shape index (κ1) is 9.48. The van der Waals surface area contributed by atoms with Crippen molar-refractivity contribution in [3.8, 4) is 0 Å². The molecule has 0 amide bonds. The standard InChI is InChI=1S/C8H20OSi2/c1-5-10(3)7-8-11(4,6-2)9-10/h5-8H2,1-4H3. The lowest BCUT2D eigenvalue weighted by Gasteiger charge is -2.26. The summed E-state index contributed by atoms with van der Waals surface area (Å²) in [7, 11) is -2.31. The van der Waals surface area contributed by atoms with Gasteiger partial charge >= 0.3 is 0 Å². The Hall–Kier alpha value is 0.394. The normalized spacial score (nSPS) is 44.7. The molecule has 3 heteroatoms. The van der Waals surface area contributed by atoms with Crippen LogP contribution in [0.5, 0.6) is 0 Å². The fourth-order valence-electron chi connectivity index (χ4n) is 1.72. The van der Waals surface area contributed by atoms with Crippen LogP contribution in [0.15, 0.2) is 0 Å². The Balaban J connectivity index is 2.58. The Morgan fingerprint density at radius 1 is 1.00 bits per heavy atom. The maximum atomic E-state index is 6.31. The minimum Gasteiger partial charge on any atom is -0.455 e. The molecule has 0 saturated carbocycles. The molecule has 1 rings (SSSR count). The fraction of sp³-hybridized carbons (Fsp3) is 1.00. The molecule has 0 spiro atoms. The summed E-state index contributed by atoms with van der Waals surface area (Å²) < 4.78 is 6.31. The zero-order chi connectivity index (χ0) is 8.54. The van der Waals surface area contributed by atoms with Gasteiger partial charge in [-0.05, 0) is 37.3 Å². The van der Waals surface area contributed by atoms with Crippen LogP contribution in [0.4, 0.5) is 0 Å². The maximum Gasteiger partial charge on any atom is 0.176 e. The zero-order valence-electron chi connectivity index (χ0n) is 8.24. The molecule has 1 aliphatic rings. The van der Waals surface area contributed by atoms with Crippen LogP contribution >= 0.6 is 0 Å². The predicted octanol–water partition coefficient (Wildman–Crippen LogP) is 3.21. The van der Waals surface area contributed by atoms with E-state index in [9.17, 15) is 0 Å². The van der Waals surface area contributed by atoms with Gasteiger partial charge in [0.2, 0.25) is 0 Å². The highest BCUT2D eigenvalue weighted by atomic mass is 28.4. The third-order valence-corrected chi connectivity index (χ3v) is 13.2. The average molecular weight is 188 g/mol. The van der Waals surface area contributed by atoms with E-state index in [2.05, 4.69) is 26.9 Å². The van der Waals surface area contributed by atoms with Gasteiger partial charge in [-0.2, -0.15) is 0 Å². The van der Waals surface area contributed by atoms with Gasteiger partial charge in [0.1, 0.15) is 0 Å². The molecule has 1 aliphatic heterocycles. The first-order valence-electron chi connectivity index (χ1n) is 4.74. The van der Waals surface area contributed by atoms with E-state index >= 15 is 0 Å². The summed E-state index contributed by atoms with van der Waals surface area (Å²) in [6, 6.07) is 5.49. The topological polar surface area (TPSA) is 9.23 Å². The van der Waals surface area contributed by atoms with Crippen molar-refractivity contribution in [3.63, 3.8) is 0 Å². The van der Waals surface area contributed by atoms with Gasteiger partial charge in [-0.25, -0.2) is 0 Å². The van der Waals surface area contributed by atoms with Gasteiger partial charge in [-0.3, -0.25) is 0 Å². The SMILES string of the molecule is CC[Si]1(C)CC[Si](C)(CC)O1. The van der Waals surface area contributed by atoms with E-state index in [0.29, 0.717) is 0 Å². The third-order valence-electron chi connectivity index (χ3n) is 3.17. The smallest absolute Gasteiger partial charge is 0.176 e. The lowest BCUT2D eigenvalue weighted by molar-refractivity contribution is 0.559. The molecule has 1 fully saturated rings.